The minimum Gasteiger partial charge on any atom is -0.508 e. The van der Waals surface area contributed by atoms with E-state index in [2.05, 4.69) is 57.8 Å². The first-order chi connectivity index (χ1) is 60.9. The third kappa shape index (κ3) is 27.5. The molecule has 3 aromatic carbocycles. The fraction of sp³-hybridized carbons (Fsp3) is 0.552. The van der Waals surface area contributed by atoms with Gasteiger partial charge in [-0.25, -0.2) is 0 Å². The molecule has 3 aliphatic heterocycles. The number of fused-ring (bicyclic) bond motifs is 4. The molecule has 5 aromatic rings. The number of hydrogen-bond donors (Lipinski definition) is 18. The SMILES string of the molecule is CCCC[C@H]1C(=O)N(C)[C@@H](CCCC)C(=O)N[C@@H](CN)C(=O)N[C@H](C(=O)NCC(N)=O)CSCC(=O)N[C@@H](Cc2ccc(O)cc2)C(=O)N(C)[C@@H](C)C(=O)N[C@@H](CC(N)=O)C(=O)N2CCC[C@H]2C(=O)N[C@@H](CN)C(=O)N[C@@H](CC(C)C)C(=O)N2C[C@H](O)C[C@H]2C(=O)C[C@@H](Cc2c[nH]c3ccccc23)C(=O)N[C@@H](CCN)C(=O)N[C@@H](Cc2c[nH]c3ccccc23)C(=O)N1C. The van der Waals surface area contributed by atoms with Crippen molar-refractivity contribution in [1.29, 1.82) is 0 Å². The molecule has 40 nitrogen and oxygen atoms in total. The van der Waals surface area contributed by atoms with Gasteiger partial charge >= 0.3 is 0 Å². The van der Waals surface area contributed by atoms with Gasteiger partial charge in [0, 0.05) is 119 Å². The number of aliphatic hydroxyl groups is 1. The molecule has 23 N–H and O–H groups in total. The highest BCUT2D eigenvalue weighted by Gasteiger charge is 2.47. The number of unbranched alkanes of at least 4 members (excludes halogenated alkanes) is 2. The summed E-state index contributed by atoms with van der Waals surface area (Å²) >= 11 is 0.766. The Bertz CT molecular complexity index is 4800. The number of Topliss-reactive ketones (excluding diaryl/α,β-unsaturated/α-hetero) is 1. The van der Waals surface area contributed by atoms with Gasteiger partial charge in [0.15, 0.2) is 5.78 Å². The number of likely N-dealkylation sites (N-methyl/N-ethyl adjacent to an activating group) is 3. The van der Waals surface area contributed by atoms with Crippen molar-refractivity contribution in [3.8, 4) is 5.75 Å². The number of aromatic nitrogens is 2. The molecular weight excluding hydrogens is 1680 g/mol. The van der Waals surface area contributed by atoms with Crippen molar-refractivity contribution in [2.24, 2.45) is 40.5 Å². The number of thioether (sulfide) groups is 1. The van der Waals surface area contributed by atoms with Crippen molar-refractivity contribution in [3.05, 3.63) is 102 Å². The number of primary amides is 2. The molecule has 0 spiro atoms. The zero-order valence-corrected chi connectivity index (χ0v) is 74.5. The summed E-state index contributed by atoms with van der Waals surface area (Å²) in [5.74, 6) is -17.9. The van der Waals surface area contributed by atoms with Gasteiger partial charge < -0.3 is 121 Å². The molecular formula is C87H125N21O19S. The average Bonchev–Trinajstić information content (AvgIpc) is 0.849. The van der Waals surface area contributed by atoms with Gasteiger partial charge in [0.25, 0.3) is 0 Å². The summed E-state index contributed by atoms with van der Waals surface area (Å²) in [5, 5.41) is 46.5. The third-order valence-electron chi connectivity index (χ3n) is 23.4. The van der Waals surface area contributed by atoms with Crippen LogP contribution in [0, 0.1) is 11.8 Å². The highest BCUT2D eigenvalue weighted by molar-refractivity contribution is 8.00. The number of aromatic hydroxyl groups is 1. The van der Waals surface area contributed by atoms with E-state index in [4.69, 9.17) is 28.7 Å². The Balaban J connectivity index is 1.17. The standard InChI is InChI=1S/C87H125N21O19S/c1-9-11-22-67-81(121)101-65(40-90)80(120)103-66(77(117)95-43-73(92)113)45-128-46-74(114)96-61(33-49-25-27-53(109)28-26-49)83(123)104(6)48(5)75(115)98-63(38-72(91)112)85(125)107-31-17-24-68(107)82(122)102-64(39-89)79(119)99-60(32-47(3)4)86(126)108-44-54(110)37-70(108)71(111)36-50(34-51-41-93-57-20-15-13-18-55(51)57)76(116)97-59(29-30-88)78(118)100-62(35-52-42-94-58-21-16-14-19-56(52)58)84(124)106(8)69(23-12-10-2)87(127)105(67)7/h13-16,18-21,25-28,41-42,47-48,50,54,59-70,93-94,109-110H,9-12,17,22-24,29-40,43-46,88-90H2,1-8H3,(H2,91,112)(H2,92,113)(H,95,117)(H,96,114)(H,97,116)(H,98,115)(H,99,119)(H,100,118)(H,101,121)(H,102,122)(H,103,120)/t48-,50+,54+,59-,60-,61-,62-,63-,64-,65-,66-,67-,68-,69-,70-/m0/s1. The fourth-order valence-electron chi connectivity index (χ4n) is 16.1. The summed E-state index contributed by atoms with van der Waals surface area (Å²) in [7, 11) is 3.96. The van der Waals surface area contributed by atoms with E-state index in [0.29, 0.717) is 64.2 Å². The molecule has 5 heterocycles. The summed E-state index contributed by atoms with van der Waals surface area (Å²) in [6.07, 6.45) is 1.47. The Morgan fingerprint density at radius 1 is 0.547 bits per heavy atom. The van der Waals surface area contributed by atoms with Crippen LogP contribution < -0.4 is 76.5 Å². The van der Waals surface area contributed by atoms with Crippen LogP contribution in [0.5, 0.6) is 5.75 Å². The van der Waals surface area contributed by atoms with Gasteiger partial charge in [-0.05, 0) is 105 Å². The Morgan fingerprint density at radius 3 is 1.67 bits per heavy atom. The molecule has 41 heteroatoms. The quantitative estimate of drug-likeness (QED) is 0.0314. The summed E-state index contributed by atoms with van der Waals surface area (Å²) in [6.45, 7) is 5.93. The minimum absolute atomic E-state index is 0.00126. The Hall–Kier alpha value is -12.1. The number of H-pyrrole nitrogens is 2. The summed E-state index contributed by atoms with van der Waals surface area (Å²) < 4.78 is 0. The van der Waals surface area contributed by atoms with Gasteiger partial charge in [-0.2, -0.15) is 0 Å². The number of rotatable bonds is 23. The molecule has 698 valence electrons. The number of aromatic amines is 2. The second-order valence-corrected chi connectivity index (χ2v) is 34.4. The van der Waals surface area contributed by atoms with Crippen LogP contribution in [0.2, 0.25) is 0 Å². The number of amides is 16. The second-order valence-electron chi connectivity index (χ2n) is 33.4. The topological polar surface area (TPSA) is 617 Å². The number of phenolic OH excluding ortho intramolecular Hbond substituents is 1. The van der Waals surface area contributed by atoms with E-state index < -0.39 is 241 Å². The number of ketones is 1. The van der Waals surface area contributed by atoms with E-state index in [9.17, 15) is 63.0 Å². The first-order valence-corrected chi connectivity index (χ1v) is 44.5. The van der Waals surface area contributed by atoms with Crippen LogP contribution in [-0.4, -0.2) is 302 Å². The highest BCUT2D eigenvalue weighted by atomic mass is 32.2. The van der Waals surface area contributed by atoms with Crippen LogP contribution in [0.25, 0.3) is 21.8 Å². The number of nitrogens with zero attached hydrogens (tertiary/aromatic N) is 5. The summed E-state index contributed by atoms with van der Waals surface area (Å²) in [6, 6.07) is 0.536. The van der Waals surface area contributed by atoms with Gasteiger partial charge in [0.2, 0.25) is 94.5 Å². The van der Waals surface area contributed by atoms with E-state index in [-0.39, 0.29) is 89.0 Å². The van der Waals surface area contributed by atoms with Gasteiger partial charge in [-0.1, -0.05) is 102 Å². The molecule has 8 rings (SSSR count). The predicted octanol–water partition coefficient (Wildman–Crippen LogP) is -2.79. The zero-order chi connectivity index (χ0) is 93.9. The van der Waals surface area contributed by atoms with Crippen molar-refractivity contribution in [3.63, 3.8) is 0 Å². The number of nitrogens with two attached hydrogens (primary N) is 5. The average molecular weight is 1800 g/mol. The Morgan fingerprint density at radius 2 is 1.08 bits per heavy atom. The van der Waals surface area contributed by atoms with Crippen LogP contribution in [0.4, 0.5) is 0 Å². The molecule has 15 atom stereocenters. The van der Waals surface area contributed by atoms with E-state index in [1.807, 2.05) is 19.9 Å². The van der Waals surface area contributed by atoms with Gasteiger partial charge in [0.1, 0.15) is 78.3 Å². The van der Waals surface area contributed by atoms with Crippen molar-refractivity contribution in [2.45, 2.75) is 222 Å². The summed E-state index contributed by atoms with van der Waals surface area (Å²) in [5.41, 5.74) is 32.7. The first-order valence-electron chi connectivity index (χ1n) is 43.4. The Labute approximate surface area is 746 Å². The second kappa shape index (κ2) is 48.2. The Kier molecular flexibility index (Phi) is 38.1. The van der Waals surface area contributed by atoms with Crippen LogP contribution in [0.15, 0.2) is 85.2 Å². The lowest BCUT2D eigenvalue weighted by atomic mass is 9.90. The number of carbonyl (C=O) groups excluding carboxylic acids is 17. The van der Waals surface area contributed by atoms with Crippen LogP contribution in [0.1, 0.15) is 135 Å². The highest BCUT2D eigenvalue weighted by Crippen LogP contribution is 2.30. The number of hydrogen-bond acceptors (Lipinski definition) is 23. The van der Waals surface area contributed by atoms with Crippen molar-refractivity contribution in [1.82, 2.24) is 82.3 Å². The molecule has 2 aromatic heterocycles. The first kappa shape index (κ1) is 101. The molecule has 0 bridgehead atoms. The van der Waals surface area contributed by atoms with Gasteiger partial charge in [-0.3, -0.25) is 81.5 Å². The van der Waals surface area contributed by atoms with E-state index in [0.717, 1.165) is 31.4 Å². The molecule has 3 aliphatic rings. The maximum atomic E-state index is 15.7. The number of aliphatic hydroxyl groups excluding tert-OH is 1. The number of phenols is 1. The van der Waals surface area contributed by atoms with Gasteiger partial charge in [0.05, 0.1) is 30.9 Å². The maximum Gasteiger partial charge on any atom is 0.246 e. The zero-order valence-electron chi connectivity index (χ0n) is 73.7. The number of benzene rings is 3. The minimum atomic E-state index is -1.76. The maximum absolute atomic E-state index is 15.7. The fourth-order valence-corrected chi connectivity index (χ4v) is 17.0. The van der Waals surface area contributed by atoms with Crippen LogP contribution in [0.3, 0.4) is 0 Å². The molecule has 16 amide bonds. The molecule has 0 saturated carbocycles. The lowest BCUT2D eigenvalue weighted by Crippen LogP contribution is -2.61. The smallest absolute Gasteiger partial charge is 0.246 e. The molecule has 128 heavy (non-hydrogen) atoms. The monoisotopic (exact) mass is 1800 g/mol. The molecule has 0 unspecified atom stereocenters. The lowest BCUT2D eigenvalue weighted by molar-refractivity contribution is -0.149. The van der Waals surface area contributed by atoms with E-state index >= 15 is 28.8 Å². The predicted molar refractivity (Wildman–Crippen MR) is 474 cm³/mol. The van der Waals surface area contributed by atoms with Crippen LogP contribution in [-0.2, 0) is 101 Å². The normalized spacial score (nSPS) is 25.6. The van der Waals surface area contributed by atoms with Gasteiger partial charge in [-0.15, -0.1) is 11.8 Å². The number of carbonyl (C=O) groups is 17. The van der Waals surface area contributed by atoms with Crippen molar-refractivity contribution < 1.29 is 91.7 Å². The molecule has 3 fully saturated rings. The molecule has 0 aliphatic carbocycles. The van der Waals surface area contributed by atoms with Crippen molar-refractivity contribution in [2.75, 3.05) is 71.9 Å². The number of nitrogens with one attached hydrogen (secondary N) is 11. The summed E-state index contributed by atoms with van der Waals surface area (Å²) in [4.78, 5) is 259. The third-order valence-corrected chi connectivity index (χ3v) is 24.4. The van der Waals surface area contributed by atoms with Crippen LogP contribution >= 0.6 is 11.8 Å². The van der Waals surface area contributed by atoms with E-state index in [1.165, 1.54) is 57.2 Å². The largest absolute Gasteiger partial charge is 0.508 e. The van der Waals surface area contributed by atoms with Crippen molar-refractivity contribution >= 4 is 134 Å². The van der Waals surface area contributed by atoms with E-state index in [1.54, 1.807) is 68.7 Å². The lowest BCUT2D eigenvalue weighted by Gasteiger charge is -2.36. The molecule has 3 saturated heterocycles. The molecule has 0 radical (unpaired) electrons. The number of para-hydroxylation sites is 2.